The van der Waals surface area contributed by atoms with Crippen LogP contribution in [0.1, 0.15) is 45.3 Å². The first-order valence-corrected chi connectivity index (χ1v) is 9.74. The van der Waals surface area contributed by atoms with Crippen LogP contribution in [0.4, 0.5) is 0 Å². The molecule has 1 N–H and O–H groups in total. The molecular weight excluding hydrogens is 356 g/mol. The van der Waals surface area contributed by atoms with Gasteiger partial charge in [-0.25, -0.2) is 8.42 Å². The maximum Gasteiger partial charge on any atom is 0.247 e. The van der Waals surface area contributed by atoms with Crippen molar-refractivity contribution in [2.24, 2.45) is 0 Å². The second-order valence-electron chi connectivity index (χ2n) is 5.33. The number of halogens is 1. The lowest BCUT2D eigenvalue weighted by molar-refractivity contribution is 0.393. The zero-order valence-corrected chi connectivity index (χ0v) is 15.0. The van der Waals surface area contributed by atoms with E-state index in [-0.39, 0.29) is 10.9 Å². The highest BCUT2D eigenvalue weighted by atomic mass is 79.9. The summed E-state index contributed by atoms with van der Waals surface area (Å²) in [7, 11) is -3.48. The standard InChI is InChI=1S/C14H23BrN2O3S/c1-3-5-8-17(11-6-7-11)21(18,19)13-9-12(10-16-4-2)20-14(13)15/h9,11,16H,3-8,10H2,1-2H3. The number of hydrogen-bond donors (Lipinski definition) is 1. The smallest absolute Gasteiger partial charge is 0.247 e. The lowest BCUT2D eigenvalue weighted by atomic mass is 10.3. The summed E-state index contributed by atoms with van der Waals surface area (Å²) in [5.74, 6) is 0.633. The van der Waals surface area contributed by atoms with Gasteiger partial charge in [0, 0.05) is 18.7 Å². The highest BCUT2D eigenvalue weighted by Gasteiger charge is 2.39. The fraction of sp³-hybridized carbons (Fsp3) is 0.714. The minimum atomic E-state index is -3.48. The fourth-order valence-corrected chi connectivity index (χ4v) is 4.90. The zero-order chi connectivity index (χ0) is 15.5. The van der Waals surface area contributed by atoms with Gasteiger partial charge in [0.05, 0.1) is 6.54 Å². The quantitative estimate of drug-likeness (QED) is 0.716. The van der Waals surface area contributed by atoms with Gasteiger partial charge in [-0.2, -0.15) is 4.31 Å². The van der Waals surface area contributed by atoms with E-state index < -0.39 is 10.0 Å². The molecule has 1 aliphatic carbocycles. The number of hydrogen-bond acceptors (Lipinski definition) is 4. The number of nitrogens with one attached hydrogen (secondary N) is 1. The third kappa shape index (κ3) is 4.09. The summed E-state index contributed by atoms with van der Waals surface area (Å²) in [5.41, 5.74) is 0. The molecule has 5 nitrogen and oxygen atoms in total. The van der Waals surface area contributed by atoms with Gasteiger partial charge in [-0.1, -0.05) is 20.3 Å². The molecule has 1 aliphatic rings. The molecule has 0 radical (unpaired) electrons. The van der Waals surface area contributed by atoms with Crippen LogP contribution in [0.3, 0.4) is 0 Å². The van der Waals surface area contributed by atoms with E-state index in [2.05, 4.69) is 28.2 Å². The molecule has 0 bridgehead atoms. The maximum atomic E-state index is 12.8. The zero-order valence-electron chi connectivity index (χ0n) is 12.6. The third-order valence-corrected chi connectivity index (χ3v) is 6.34. The molecule has 0 aliphatic heterocycles. The SMILES string of the molecule is CCCCN(C1CC1)S(=O)(=O)c1cc(CNCC)oc1Br. The highest BCUT2D eigenvalue weighted by molar-refractivity contribution is 9.10. The van der Waals surface area contributed by atoms with E-state index >= 15 is 0 Å². The lowest BCUT2D eigenvalue weighted by Crippen LogP contribution is -2.34. The Labute approximate surface area is 135 Å². The molecule has 0 aromatic carbocycles. The summed E-state index contributed by atoms with van der Waals surface area (Å²) in [6, 6.07) is 1.80. The fourth-order valence-electron chi connectivity index (χ4n) is 2.21. The van der Waals surface area contributed by atoms with Crippen molar-refractivity contribution in [1.82, 2.24) is 9.62 Å². The first-order valence-electron chi connectivity index (χ1n) is 7.51. The molecule has 1 saturated carbocycles. The van der Waals surface area contributed by atoms with Crippen molar-refractivity contribution in [3.05, 3.63) is 16.5 Å². The van der Waals surface area contributed by atoms with Gasteiger partial charge < -0.3 is 9.73 Å². The van der Waals surface area contributed by atoms with E-state index in [0.29, 0.717) is 23.5 Å². The van der Waals surface area contributed by atoms with Gasteiger partial charge >= 0.3 is 0 Å². The van der Waals surface area contributed by atoms with Gasteiger partial charge in [-0.05, 0) is 41.7 Å². The number of rotatable bonds is 9. The minimum Gasteiger partial charge on any atom is -0.452 e. The Morgan fingerprint density at radius 2 is 2.14 bits per heavy atom. The second-order valence-corrected chi connectivity index (χ2v) is 7.91. The van der Waals surface area contributed by atoms with Crippen LogP contribution in [0.5, 0.6) is 0 Å². The number of furan rings is 1. The van der Waals surface area contributed by atoms with Crippen molar-refractivity contribution in [2.45, 2.75) is 57.0 Å². The Morgan fingerprint density at radius 3 is 2.71 bits per heavy atom. The van der Waals surface area contributed by atoms with Crippen molar-refractivity contribution in [1.29, 1.82) is 0 Å². The van der Waals surface area contributed by atoms with Crippen LogP contribution in [0.2, 0.25) is 0 Å². The molecule has 21 heavy (non-hydrogen) atoms. The van der Waals surface area contributed by atoms with E-state index in [4.69, 9.17) is 4.42 Å². The summed E-state index contributed by atoms with van der Waals surface area (Å²) < 4.78 is 33.1. The summed E-state index contributed by atoms with van der Waals surface area (Å²) in [5, 5.41) is 3.13. The van der Waals surface area contributed by atoms with E-state index in [1.807, 2.05) is 6.92 Å². The third-order valence-electron chi connectivity index (χ3n) is 3.53. The molecule has 2 rings (SSSR count). The first-order chi connectivity index (χ1) is 10.0. The largest absolute Gasteiger partial charge is 0.452 e. The normalized spacial score (nSPS) is 15.8. The Morgan fingerprint density at radius 1 is 1.43 bits per heavy atom. The van der Waals surface area contributed by atoms with Gasteiger partial charge in [0.1, 0.15) is 10.7 Å². The van der Waals surface area contributed by atoms with Crippen LogP contribution in [-0.4, -0.2) is 31.9 Å². The molecule has 7 heteroatoms. The summed E-state index contributed by atoms with van der Waals surface area (Å²) in [6.45, 7) is 5.99. The second kappa shape index (κ2) is 7.26. The van der Waals surface area contributed by atoms with Crippen LogP contribution in [0.15, 0.2) is 20.0 Å². The predicted octanol–water partition coefficient (Wildman–Crippen LogP) is 3.10. The predicted molar refractivity (Wildman–Crippen MR) is 85.6 cm³/mol. The van der Waals surface area contributed by atoms with Gasteiger partial charge in [-0.15, -0.1) is 0 Å². The molecule has 1 heterocycles. The summed E-state index contributed by atoms with van der Waals surface area (Å²) in [4.78, 5) is 0.249. The van der Waals surface area contributed by atoms with Crippen LogP contribution < -0.4 is 5.32 Å². The lowest BCUT2D eigenvalue weighted by Gasteiger charge is -2.20. The molecule has 0 unspecified atom stereocenters. The van der Waals surface area contributed by atoms with E-state index in [9.17, 15) is 8.42 Å². The van der Waals surface area contributed by atoms with Crippen molar-refractivity contribution in [2.75, 3.05) is 13.1 Å². The molecule has 1 aromatic heterocycles. The topological polar surface area (TPSA) is 62.6 Å². The first kappa shape index (κ1) is 17.0. The van der Waals surface area contributed by atoms with Crippen molar-refractivity contribution >= 4 is 26.0 Å². The molecule has 1 aromatic rings. The molecule has 0 spiro atoms. The van der Waals surface area contributed by atoms with E-state index in [1.165, 1.54) is 0 Å². The van der Waals surface area contributed by atoms with Crippen molar-refractivity contribution < 1.29 is 12.8 Å². The van der Waals surface area contributed by atoms with Gasteiger partial charge in [0.2, 0.25) is 10.0 Å². The van der Waals surface area contributed by atoms with E-state index in [0.717, 1.165) is 32.2 Å². The summed E-state index contributed by atoms with van der Waals surface area (Å²) in [6.07, 6.45) is 3.79. The van der Waals surface area contributed by atoms with Crippen LogP contribution in [-0.2, 0) is 16.6 Å². The Balaban J connectivity index is 2.22. The van der Waals surface area contributed by atoms with Crippen molar-refractivity contribution in [3.63, 3.8) is 0 Å². The van der Waals surface area contributed by atoms with Gasteiger partial charge in [0.25, 0.3) is 0 Å². The van der Waals surface area contributed by atoms with Crippen LogP contribution >= 0.6 is 15.9 Å². The van der Waals surface area contributed by atoms with Crippen molar-refractivity contribution in [3.8, 4) is 0 Å². The minimum absolute atomic E-state index is 0.167. The monoisotopic (exact) mass is 378 g/mol. The van der Waals surface area contributed by atoms with Crippen LogP contribution in [0.25, 0.3) is 0 Å². The number of sulfonamides is 1. The molecular formula is C14H23BrN2O3S. The average Bonchev–Trinajstić information content (AvgIpc) is 3.19. The Kier molecular flexibility index (Phi) is 5.88. The molecule has 0 saturated heterocycles. The molecule has 120 valence electrons. The number of unbranched alkanes of at least 4 members (excludes halogenated alkanes) is 1. The van der Waals surface area contributed by atoms with Gasteiger partial charge in [-0.3, -0.25) is 0 Å². The maximum absolute atomic E-state index is 12.8. The molecule has 0 amide bonds. The average molecular weight is 379 g/mol. The summed E-state index contributed by atoms with van der Waals surface area (Å²) >= 11 is 3.25. The van der Waals surface area contributed by atoms with E-state index in [1.54, 1.807) is 10.4 Å². The number of nitrogens with zero attached hydrogens (tertiary/aromatic N) is 1. The van der Waals surface area contributed by atoms with Crippen LogP contribution in [0, 0.1) is 0 Å². The molecule has 0 atom stereocenters. The van der Waals surface area contributed by atoms with Gasteiger partial charge in [0.15, 0.2) is 4.67 Å². The Bertz CT molecular complexity index is 567. The highest BCUT2D eigenvalue weighted by Crippen LogP contribution is 2.35. The molecule has 1 fully saturated rings. The Hall–Kier alpha value is -0.370.